The quantitative estimate of drug-likeness (QED) is 0.839. The number of alkyl halides is 2. The number of nitrogens with zero attached hydrogens (tertiary/aromatic N) is 1. The van der Waals surface area contributed by atoms with E-state index in [1.54, 1.807) is 13.0 Å². The molecule has 5 nitrogen and oxygen atoms in total. The van der Waals surface area contributed by atoms with Gasteiger partial charge >= 0.3 is 12.6 Å². The van der Waals surface area contributed by atoms with Crippen molar-refractivity contribution in [3.8, 4) is 5.88 Å². The maximum absolute atomic E-state index is 12.2. The minimum absolute atomic E-state index is 0.116. The van der Waals surface area contributed by atoms with Crippen LogP contribution in [0.25, 0.3) is 0 Å². The van der Waals surface area contributed by atoms with Gasteiger partial charge < -0.3 is 15.4 Å². The second-order valence-electron chi connectivity index (χ2n) is 6.00. The Hall–Kier alpha value is -2.70. The largest absolute Gasteiger partial charge is 0.417 e. The van der Waals surface area contributed by atoms with Gasteiger partial charge in [-0.2, -0.15) is 8.78 Å². The van der Waals surface area contributed by atoms with E-state index in [1.807, 2.05) is 30.3 Å². The summed E-state index contributed by atoms with van der Waals surface area (Å²) < 4.78 is 28.8. The number of hydrogen-bond donors (Lipinski definition) is 2. The van der Waals surface area contributed by atoms with Crippen molar-refractivity contribution >= 4 is 6.03 Å². The monoisotopic (exact) mass is 347 g/mol. The fourth-order valence-corrected chi connectivity index (χ4v) is 2.76. The topological polar surface area (TPSA) is 63.2 Å². The first-order chi connectivity index (χ1) is 12.0. The number of rotatable bonds is 6. The number of pyridine rings is 1. The highest BCUT2D eigenvalue weighted by molar-refractivity contribution is 5.75. The first-order valence-electron chi connectivity index (χ1n) is 8.05. The molecule has 132 valence electrons. The van der Waals surface area contributed by atoms with Crippen molar-refractivity contribution < 1.29 is 18.3 Å². The summed E-state index contributed by atoms with van der Waals surface area (Å²) >= 11 is 0. The zero-order valence-electron chi connectivity index (χ0n) is 13.7. The van der Waals surface area contributed by atoms with E-state index in [2.05, 4.69) is 20.4 Å². The van der Waals surface area contributed by atoms with Gasteiger partial charge in [-0.25, -0.2) is 9.78 Å². The van der Waals surface area contributed by atoms with Crippen LogP contribution in [0, 0.1) is 0 Å². The van der Waals surface area contributed by atoms with Crippen LogP contribution in [0.1, 0.15) is 36.4 Å². The van der Waals surface area contributed by atoms with Crippen LogP contribution in [0.15, 0.2) is 48.7 Å². The molecule has 0 spiro atoms. The van der Waals surface area contributed by atoms with Crippen molar-refractivity contribution in [3.63, 3.8) is 0 Å². The molecule has 1 aliphatic carbocycles. The van der Waals surface area contributed by atoms with Gasteiger partial charge in [-0.1, -0.05) is 30.3 Å². The van der Waals surface area contributed by atoms with Crippen LogP contribution in [-0.2, 0) is 0 Å². The van der Waals surface area contributed by atoms with Crippen LogP contribution in [0.4, 0.5) is 13.6 Å². The lowest BCUT2D eigenvalue weighted by atomic mass is 10.1. The molecule has 0 aliphatic heterocycles. The Kier molecular flexibility index (Phi) is 5.11. The molecule has 1 aromatic heterocycles. The van der Waals surface area contributed by atoms with Gasteiger partial charge in [0.2, 0.25) is 5.88 Å². The van der Waals surface area contributed by atoms with Crippen molar-refractivity contribution in [2.45, 2.75) is 38.0 Å². The molecular weight excluding hydrogens is 328 g/mol. The van der Waals surface area contributed by atoms with Crippen LogP contribution < -0.4 is 15.4 Å². The first-order valence-corrected chi connectivity index (χ1v) is 8.05. The summed E-state index contributed by atoms with van der Waals surface area (Å²) in [4.78, 5) is 15.8. The summed E-state index contributed by atoms with van der Waals surface area (Å²) in [6, 6.07) is 12.5. The highest BCUT2D eigenvalue weighted by atomic mass is 19.3. The van der Waals surface area contributed by atoms with E-state index in [-0.39, 0.29) is 24.0 Å². The molecule has 1 unspecified atom stereocenters. The van der Waals surface area contributed by atoms with Crippen molar-refractivity contribution in [2.24, 2.45) is 0 Å². The van der Waals surface area contributed by atoms with Gasteiger partial charge in [0.1, 0.15) is 0 Å². The third kappa shape index (κ3) is 4.65. The van der Waals surface area contributed by atoms with E-state index in [9.17, 15) is 13.6 Å². The number of benzene rings is 1. The highest BCUT2D eigenvalue weighted by Crippen LogP contribution is 2.40. The van der Waals surface area contributed by atoms with Crippen molar-refractivity contribution in [3.05, 3.63) is 59.8 Å². The normalized spacial score (nSPS) is 20.0. The van der Waals surface area contributed by atoms with Crippen LogP contribution in [0.5, 0.6) is 5.88 Å². The van der Waals surface area contributed by atoms with E-state index in [0.717, 1.165) is 6.42 Å². The van der Waals surface area contributed by atoms with Crippen LogP contribution in [0.2, 0.25) is 0 Å². The smallest absolute Gasteiger partial charge is 0.388 e. The predicted molar refractivity (Wildman–Crippen MR) is 88.5 cm³/mol. The number of carbonyl (C=O) groups excluding carboxylic acids is 1. The third-order valence-electron chi connectivity index (χ3n) is 4.15. The molecule has 3 rings (SSSR count). The Bertz CT molecular complexity index is 727. The van der Waals surface area contributed by atoms with Gasteiger partial charge in [0, 0.05) is 24.2 Å². The van der Waals surface area contributed by atoms with E-state index in [4.69, 9.17) is 0 Å². The Labute approximate surface area is 144 Å². The van der Waals surface area contributed by atoms with Crippen LogP contribution in [-0.4, -0.2) is 23.7 Å². The molecule has 1 fully saturated rings. The maximum atomic E-state index is 12.2. The standard InChI is InChI=1S/C18H19F2N3O2/c1-11(13-7-8-21-16(9-13)25-17(19)20)22-18(24)23-15-10-14(15)12-5-3-2-4-6-12/h2-9,11,14-15,17H,10H2,1H3,(H2,22,23,24)/t11?,14-,15+/m0/s1. The van der Waals surface area contributed by atoms with E-state index in [0.29, 0.717) is 11.5 Å². The Balaban J connectivity index is 1.51. The third-order valence-corrected chi connectivity index (χ3v) is 4.15. The van der Waals surface area contributed by atoms with Crippen molar-refractivity contribution in [1.29, 1.82) is 0 Å². The zero-order valence-corrected chi connectivity index (χ0v) is 13.7. The first kappa shape index (κ1) is 17.1. The Morgan fingerprint density at radius 3 is 2.76 bits per heavy atom. The lowest BCUT2D eigenvalue weighted by Crippen LogP contribution is -2.38. The predicted octanol–water partition coefficient (Wildman–Crippen LogP) is 3.60. The second-order valence-corrected chi connectivity index (χ2v) is 6.00. The second kappa shape index (κ2) is 7.46. The van der Waals surface area contributed by atoms with Gasteiger partial charge in [0.25, 0.3) is 0 Å². The van der Waals surface area contributed by atoms with Crippen molar-refractivity contribution in [1.82, 2.24) is 15.6 Å². The molecular formula is C18H19F2N3O2. The Morgan fingerprint density at radius 1 is 1.28 bits per heavy atom. The molecule has 25 heavy (non-hydrogen) atoms. The number of hydrogen-bond acceptors (Lipinski definition) is 3. The number of aromatic nitrogens is 1. The van der Waals surface area contributed by atoms with Crippen LogP contribution >= 0.6 is 0 Å². The lowest BCUT2D eigenvalue weighted by molar-refractivity contribution is -0.0529. The molecule has 1 saturated carbocycles. The molecule has 0 bridgehead atoms. The van der Waals surface area contributed by atoms with Gasteiger partial charge in [-0.05, 0) is 30.5 Å². The number of urea groups is 1. The SMILES string of the molecule is CC(NC(=O)N[C@@H]1C[C@H]1c1ccccc1)c1ccnc(OC(F)F)c1. The Morgan fingerprint density at radius 2 is 2.04 bits per heavy atom. The summed E-state index contributed by atoms with van der Waals surface area (Å²) in [7, 11) is 0. The summed E-state index contributed by atoms with van der Waals surface area (Å²) in [5.41, 5.74) is 1.85. The molecule has 1 aromatic carbocycles. The summed E-state index contributed by atoms with van der Waals surface area (Å²) in [5.74, 6) is 0.169. The molecule has 7 heteroatoms. The molecule has 3 atom stereocenters. The summed E-state index contributed by atoms with van der Waals surface area (Å²) in [6.45, 7) is -1.16. The fraction of sp³-hybridized carbons (Fsp3) is 0.333. The average molecular weight is 347 g/mol. The molecule has 0 saturated heterocycles. The lowest BCUT2D eigenvalue weighted by Gasteiger charge is -2.16. The summed E-state index contributed by atoms with van der Waals surface area (Å²) in [6.07, 6.45) is 2.28. The van der Waals surface area contributed by atoms with E-state index < -0.39 is 6.61 Å². The maximum Gasteiger partial charge on any atom is 0.388 e. The average Bonchev–Trinajstić information content (AvgIpc) is 3.34. The number of carbonyl (C=O) groups is 1. The number of ether oxygens (including phenoxy) is 1. The van der Waals surface area contributed by atoms with Crippen LogP contribution in [0.3, 0.4) is 0 Å². The molecule has 0 radical (unpaired) electrons. The molecule has 2 N–H and O–H groups in total. The molecule has 2 aromatic rings. The molecule has 1 aliphatic rings. The fourth-order valence-electron chi connectivity index (χ4n) is 2.76. The van der Waals surface area contributed by atoms with E-state index >= 15 is 0 Å². The minimum atomic E-state index is -2.93. The number of amides is 2. The van der Waals surface area contributed by atoms with Gasteiger partial charge in [0.05, 0.1) is 6.04 Å². The number of nitrogens with one attached hydrogen (secondary N) is 2. The van der Waals surface area contributed by atoms with Gasteiger partial charge in [-0.15, -0.1) is 0 Å². The highest BCUT2D eigenvalue weighted by Gasteiger charge is 2.39. The zero-order chi connectivity index (χ0) is 17.8. The molecule has 1 heterocycles. The minimum Gasteiger partial charge on any atom is -0.417 e. The van der Waals surface area contributed by atoms with Crippen molar-refractivity contribution in [2.75, 3.05) is 0 Å². The molecule has 2 amide bonds. The van der Waals surface area contributed by atoms with Gasteiger partial charge in [0.15, 0.2) is 0 Å². The number of halogens is 2. The summed E-state index contributed by atoms with van der Waals surface area (Å²) in [5, 5.41) is 5.73. The van der Waals surface area contributed by atoms with Gasteiger partial charge in [-0.3, -0.25) is 0 Å². The van der Waals surface area contributed by atoms with E-state index in [1.165, 1.54) is 17.8 Å².